The van der Waals surface area contributed by atoms with Crippen molar-refractivity contribution in [2.45, 2.75) is 114 Å². The van der Waals surface area contributed by atoms with Gasteiger partial charge in [-0.3, -0.25) is 19.1 Å². The van der Waals surface area contributed by atoms with Gasteiger partial charge in [-0.1, -0.05) is 63.1 Å². The molecule has 12 heteroatoms. The molecular formula is C30H56N8P2S2. The number of hydrogen-bond donors (Lipinski definition) is 2. The SMILES string of the molecule is CCCCCP(=S)(CCn1nc(C)cc1C)NCn1nc(C)cc1C.CCCCCP(N)(=S)CCn1nc(C)cc1C. The first-order valence-electron chi connectivity index (χ1n) is 15.5. The monoisotopic (exact) mass is 654 g/mol. The van der Waals surface area contributed by atoms with Crippen molar-refractivity contribution in [3.63, 3.8) is 0 Å². The van der Waals surface area contributed by atoms with Crippen molar-refractivity contribution in [2.24, 2.45) is 5.50 Å². The number of nitrogens with two attached hydrogens (primary N) is 1. The molecule has 0 aliphatic rings. The lowest BCUT2D eigenvalue weighted by molar-refractivity contribution is 0.577. The van der Waals surface area contributed by atoms with Crippen LogP contribution in [-0.2, 0) is 43.4 Å². The van der Waals surface area contributed by atoms with Crippen LogP contribution in [0.25, 0.3) is 0 Å². The highest BCUT2D eigenvalue weighted by Gasteiger charge is 2.18. The van der Waals surface area contributed by atoms with Crippen molar-refractivity contribution in [1.29, 1.82) is 0 Å². The average Bonchev–Trinajstić information content (AvgIpc) is 3.54. The Bertz CT molecular complexity index is 1270. The molecule has 0 bridgehead atoms. The van der Waals surface area contributed by atoms with Gasteiger partial charge in [-0.2, -0.15) is 15.3 Å². The van der Waals surface area contributed by atoms with Crippen LogP contribution in [0, 0.1) is 41.5 Å². The molecular weight excluding hydrogens is 598 g/mol. The van der Waals surface area contributed by atoms with Crippen LogP contribution in [0.5, 0.6) is 0 Å². The number of hydrogen-bond acceptors (Lipinski definition) is 5. The maximum absolute atomic E-state index is 6.25. The minimum atomic E-state index is -1.64. The Morgan fingerprint density at radius 3 is 1.50 bits per heavy atom. The van der Waals surface area contributed by atoms with Crippen LogP contribution in [0.4, 0.5) is 0 Å². The first-order valence-corrected chi connectivity index (χ1v) is 21.9. The van der Waals surface area contributed by atoms with Gasteiger partial charge in [-0.15, -0.1) is 0 Å². The Balaban J connectivity index is 0.000000317. The van der Waals surface area contributed by atoms with Crippen LogP contribution in [0.15, 0.2) is 18.2 Å². The highest BCUT2D eigenvalue weighted by molar-refractivity contribution is 8.13. The summed E-state index contributed by atoms with van der Waals surface area (Å²) in [5, 5.41) is 17.3. The van der Waals surface area contributed by atoms with E-state index in [9.17, 15) is 0 Å². The fraction of sp³-hybridized carbons (Fsp3) is 0.700. The zero-order valence-electron chi connectivity index (χ0n) is 27.4. The molecule has 0 saturated carbocycles. The third-order valence-corrected chi connectivity index (χ3v) is 14.7. The maximum Gasteiger partial charge on any atom is 0.0944 e. The fourth-order valence-corrected chi connectivity index (χ4v) is 10.1. The van der Waals surface area contributed by atoms with Gasteiger partial charge in [0.15, 0.2) is 0 Å². The fourth-order valence-electron chi connectivity index (χ4n) is 4.98. The summed E-state index contributed by atoms with van der Waals surface area (Å²) in [6.07, 6.45) is 8.13. The number of rotatable bonds is 17. The van der Waals surface area contributed by atoms with Gasteiger partial charge < -0.3 is 5.50 Å². The molecule has 0 radical (unpaired) electrons. The minimum Gasteiger partial charge on any atom is -0.302 e. The third-order valence-electron chi connectivity index (χ3n) is 7.45. The summed E-state index contributed by atoms with van der Waals surface area (Å²) in [6, 6.07) is 6.33. The summed E-state index contributed by atoms with van der Waals surface area (Å²) >= 11 is 11.7. The maximum atomic E-state index is 6.25. The van der Waals surface area contributed by atoms with E-state index in [1.165, 1.54) is 55.6 Å². The van der Waals surface area contributed by atoms with Gasteiger partial charge in [-0.05, 0) is 84.9 Å². The molecule has 2 unspecified atom stereocenters. The molecule has 0 aromatic carbocycles. The van der Waals surface area contributed by atoms with Gasteiger partial charge in [0.05, 0.1) is 23.8 Å². The minimum absolute atomic E-state index is 0.709. The summed E-state index contributed by atoms with van der Waals surface area (Å²) in [7, 11) is 0. The predicted molar refractivity (Wildman–Crippen MR) is 190 cm³/mol. The predicted octanol–water partition coefficient (Wildman–Crippen LogP) is 7.19. The molecule has 0 aliphatic heterocycles. The number of nitrogens with zero attached hydrogens (tertiary/aromatic N) is 6. The Labute approximate surface area is 265 Å². The standard InChI is InChI=1S/C18H32N5PS.C12H24N3PS/c1-6-7-8-10-24(25,11-9-22-17(4)12-15(2)20-22)19-14-23-18(5)13-16(3)21-23;1-4-5-6-8-16(13,17)9-7-15-12(3)10-11(2)14-15/h12-13H,6-11,14H2,1-5H3,(H,19,25);10H,4-9H2,1-3H3,(H2,13,17). The molecule has 0 saturated heterocycles. The topological polar surface area (TPSA) is 91.5 Å². The van der Waals surface area contributed by atoms with Gasteiger partial charge in [0.2, 0.25) is 0 Å². The molecule has 8 nitrogen and oxygen atoms in total. The van der Waals surface area contributed by atoms with E-state index in [0.29, 0.717) is 6.67 Å². The molecule has 2 atom stereocenters. The summed E-state index contributed by atoms with van der Waals surface area (Å²) in [4.78, 5) is 0. The molecule has 0 amide bonds. The Morgan fingerprint density at radius 2 is 1.07 bits per heavy atom. The van der Waals surface area contributed by atoms with E-state index in [1.807, 2.05) is 30.1 Å². The lowest BCUT2D eigenvalue weighted by Gasteiger charge is -2.24. The van der Waals surface area contributed by atoms with Crippen molar-refractivity contribution < 1.29 is 0 Å². The van der Waals surface area contributed by atoms with E-state index < -0.39 is 12.4 Å². The quantitative estimate of drug-likeness (QED) is 0.118. The molecule has 0 spiro atoms. The number of aromatic nitrogens is 6. The van der Waals surface area contributed by atoms with E-state index >= 15 is 0 Å². The summed E-state index contributed by atoms with van der Waals surface area (Å²) in [5.74, 6) is 0. The first kappa shape index (κ1) is 37.0. The normalized spacial score (nSPS) is 14.3. The first-order chi connectivity index (χ1) is 19.8. The average molecular weight is 655 g/mol. The molecule has 3 heterocycles. The van der Waals surface area contributed by atoms with Gasteiger partial charge in [0.25, 0.3) is 0 Å². The zero-order chi connectivity index (χ0) is 31.3. The molecule has 0 fully saturated rings. The van der Waals surface area contributed by atoms with Crippen LogP contribution in [-0.4, -0.2) is 54.0 Å². The number of unbranched alkanes of at least 4 members (excludes halogenated alkanes) is 4. The Morgan fingerprint density at radius 1 is 0.643 bits per heavy atom. The number of nitrogens with one attached hydrogen (secondary N) is 1. The molecule has 42 heavy (non-hydrogen) atoms. The largest absolute Gasteiger partial charge is 0.302 e. The molecule has 3 N–H and O–H groups in total. The van der Waals surface area contributed by atoms with Crippen molar-refractivity contribution in [1.82, 2.24) is 34.4 Å². The van der Waals surface area contributed by atoms with Gasteiger partial charge in [0.1, 0.15) is 0 Å². The van der Waals surface area contributed by atoms with Gasteiger partial charge >= 0.3 is 0 Å². The van der Waals surface area contributed by atoms with E-state index in [1.54, 1.807) is 0 Å². The molecule has 238 valence electrons. The van der Waals surface area contributed by atoms with Crippen molar-refractivity contribution >= 4 is 36.0 Å². The van der Waals surface area contributed by atoms with E-state index in [-0.39, 0.29) is 0 Å². The van der Waals surface area contributed by atoms with Crippen molar-refractivity contribution in [2.75, 3.05) is 24.6 Å². The van der Waals surface area contributed by atoms with Gasteiger partial charge in [0, 0.05) is 54.9 Å². The second-order valence-electron chi connectivity index (χ2n) is 11.7. The van der Waals surface area contributed by atoms with Crippen molar-refractivity contribution in [3.05, 3.63) is 52.4 Å². The van der Waals surface area contributed by atoms with Crippen LogP contribution < -0.4 is 10.6 Å². The second kappa shape index (κ2) is 18.0. The Hall–Kier alpha value is -1.15. The molecule has 3 aromatic heterocycles. The summed E-state index contributed by atoms with van der Waals surface area (Å²) in [5.41, 5.74) is 13.0. The Kier molecular flexibility index (Phi) is 15.8. The highest BCUT2D eigenvalue weighted by atomic mass is 32.4. The zero-order valence-corrected chi connectivity index (χ0v) is 30.8. The lowest BCUT2D eigenvalue weighted by Crippen LogP contribution is -2.22. The van der Waals surface area contributed by atoms with Crippen LogP contribution >= 0.6 is 12.4 Å². The summed E-state index contributed by atoms with van der Waals surface area (Å²) < 4.78 is 6.16. The van der Waals surface area contributed by atoms with E-state index in [4.69, 9.17) is 29.1 Å². The van der Waals surface area contributed by atoms with Gasteiger partial charge in [-0.25, -0.2) is 0 Å². The second-order valence-corrected chi connectivity index (χ2v) is 21.8. The van der Waals surface area contributed by atoms with E-state index in [0.717, 1.165) is 54.8 Å². The third kappa shape index (κ3) is 13.2. The van der Waals surface area contributed by atoms with Crippen molar-refractivity contribution in [3.8, 4) is 0 Å². The smallest absolute Gasteiger partial charge is 0.0944 e. The van der Waals surface area contributed by atoms with E-state index in [2.05, 4.69) is 77.9 Å². The highest BCUT2D eigenvalue weighted by Crippen LogP contribution is 2.43. The number of aryl methyl sites for hydroxylation is 8. The van der Waals surface area contributed by atoms with Crippen LogP contribution in [0.2, 0.25) is 0 Å². The lowest BCUT2D eigenvalue weighted by atomic mass is 10.3. The molecule has 0 aliphatic carbocycles. The van der Waals surface area contributed by atoms with Crippen LogP contribution in [0.1, 0.15) is 86.5 Å². The molecule has 3 aromatic rings. The summed E-state index contributed by atoms with van der Waals surface area (Å²) in [6.45, 7) is 19.3. The molecule has 3 rings (SSSR count). The van der Waals surface area contributed by atoms with Crippen LogP contribution in [0.3, 0.4) is 0 Å².